The molecule has 1 fully saturated rings. The number of hydrogen-bond acceptors (Lipinski definition) is 1. The highest BCUT2D eigenvalue weighted by Gasteiger charge is 2.12. The fraction of sp³-hybridized carbons (Fsp3) is 1.00. The molecule has 1 atom stereocenters. The number of halogens is 1. The molecular weight excluding hydrogens is 194 g/mol. The number of nitrogens with zero attached hydrogens (tertiary/aromatic N) is 1. The van der Waals surface area contributed by atoms with E-state index in [1.165, 1.54) is 58.2 Å². The Balaban J connectivity index is 2.05. The molecule has 0 N–H and O–H groups in total. The summed E-state index contributed by atoms with van der Waals surface area (Å²) in [5, 5.41) is 0. The van der Waals surface area contributed by atoms with E-state index in [0.29, 0.717) is 0 Å². The fourth-order valence-corrected chi connectivity index (χ4v) is 2.34. The third kappa shape index (κ3) is 5.21. The van der Waals surface area contributed by atoms with Gasteiger partial charge in [0.1, 0.15) is 0 Å². The van der Waals surface area contributed by atoms with Crippen LogP contribution in [0.5, 0.6) is 0 Å². The molecule has 1 unspecified atom stereocenters. The van der Waals surface area contributed by atoms with Crippen LogP contribution < -0.4 is 0 Å². The van der Waals surface area contributed by atoms with Crippen LogP contribution in [0.3, 0.4) is 0 Å². The van der Waals surface area contributed by atoms with Gasteiger partial charge in [-0.15, -0.1) is 11.6 Å². The van der Waals surface area contributed by atoms with Gasteiger partial charge in [0.15, 0.2) is 0 Å². The third-order valence-corrected chi connectivity index (χ3v) is 3.48. The highest BCUT2D eigenvalue weighted by atomic mass is 35.5. The van der Waals surface area contributed by atoms with Gasteiger partial charge in [-0.3, -0.25) is 0 Å². The lowest BCUT2D eigenvalue weighted by Crippen LogP contribution is -2.25. The van der Waals surface area contributed by atoms with Gasteiger partial charge in [-0.1, -0.05) is 13.3 Å². The van der Waals surface area contributed by atoms with Gasteiger partial charge in [0.25, 0.3) is 0 Å². The summed E-state index contributed by atoms with van der Waals surface area (Å²) in [5.41, 5.74) is 0. The Morgan fingerprint density at radius 3 is 2.79 bits per heavy atom. The maximum atomic E-state index is 5.65. The van der Waals surface area contributed by atoms with Gasteiger partial charge in [-0.05, 0) is 57.7 Å². The summed E-state index contributed by atoms with van der Waals surface area (Å²) < 4.78 is 0. The van der Waals surface area contributed by atoms with Crippen LogP contribution in [-0.4, -0.2) is 30.4 Å². The smallest absolute Gasteiger partial charge is 0.0223 e. The third-order valence-electron chi connectivity index (χ3n) is 3.22. The van der Waals surface area contributed by atoms with Crippen molar-refractivity contribution < 1.29 is 0 Å². The topological polar surface area (TPSA) is 3.24 Å². The Morgan fingerprint density at radius 2 is 2.00 bits per heavy atom. The molecule has 14 heavy (non-hydrogen) atoms. The van der Waals surface area contributed by atoms with Crippen LogP contribution in [0.4, 0.5) is 0 Å². The zero-order chi connectivity index (χ0) is 10.2. The molecule has 0 spiro atoms. The molecule has 0 radical (unpaired) electrons. The van der Waals surface area contributed by atoms with Crippen LogP contribution in [0, 0.1) is 5.92 Å². The summed E-state index contributed by atoms with van der Waals surface area (Å²) in [5.74, 6) is 1.78. The second-order valence-electron chi connectivity index (χ2n) is 4.63. The number of likely N-dealkylation sites (tertiary alicyclic amines) is 1. The molecule has 1 aliphatic rings. The van der Waals surface area contributed by atoms with E-state index in [-0.39, 0.29) is 0 Å². The van der Waals surface area contributed by atoms with Crippen LogP contribution in [0.15, 0.2) is 0 Å². The number of hydrogen-bond donors (Lipinski definition) is 0. The van der Waals surface area contributed by atoms with Crippen LogP contribution in [0.1, 0.15) is 45.4 Å². The molecule has 84 valence electrons. The standard InChI is InChI=1S/C12H24ClN/c1-12-6-5-10-14(11-7-12)9-4-2-3-8-13/h12H,2-11H2,1H3. The lowest BCUT2D eigenvalue weighted by atomic mass is 10.0. The van der Waals surface area contributed by atoms with Crippen LogP contribution >= 0.6 is 11.6 Å². The normalized spacial score (nSPS) is 24.9. The summed E-state index contributed by atoms with van der Waals surface area (Å²) in [6.07, 6.45) is 8.05. The Bertz CT molecular complexity index is 138. The van der Waals surface area contributed by atoms with Crippen molar-refractivity contribution >= 4 is 11.6 Å². The van der Waals surface area contributed by atoms with E-state index in [1.54, 1.807) is 0 Å². The first-order valence-electron chi connectivity index (χ1n) is 6.11. The predicted molar refractivity (Wildman–Crippen MR) is 64.0 cm³/mol. The molecule has 0 aromatic carbocycles. The molecule has 1 heterocycles. The van der Waals surface area contributed by atoms with E-state index < -0.39 is 0 Å². The van der Waals surface area contributed by atoms with E-state index in [1.807, 2.05) is 0 Å². The second kappa shape index (κ2) is 7.53. The number of unbranched alkanes of at least 4 members (excludes halogenated alkanes) is 2. The molecule has 0 aromatic heterocycles. The van der Waals surface area contributed by atoms with Crippen molar-refractivity contribution in [2.24, 2.45) is 5.92 Å². The molecule has 1 rings (SSSR count). The molecule has 0 aliphatic carbocycles. The maximum absolute atomic E-state index is 5.65. The maximum Gasteiger partial charge on any atom is 0.0223 e. The Hall–Kier alpha value is 0.250. The first-order valence-corrected chi connectivity index (χ1v) is 6.64. The van der Waals surface area contributed by atoms with Crippen molar-refractivity contribution in [3.05, 3.63) is 0 Å². The minimum Gasteiger partial charge on any atom is -0.303 e. The van der Waals surface area contributed by atoms with Gasteiger partial charge in [-0.25, -0.2) is 0 Å². The molecule has 0 aromatic rings. The number of rotatable bonds is 5. The number of alkyl halides is 1. The first-order chi connectivity index (χ1) is 6.83. The molecular formula is C12H24ClN. The highest BCUT2D eigenvalue weighted by Crippen LogP contribution is 2.16. The van der Waals surface area contributed by atoms with Gasteiger partial charge in [0, 0.05) is 5.88 Å². The van der Waals surface area contributed by atoms with E-state index in [0.717, 1.165) is 11.8 Å². The summed E-state index contributed by atoms with van der Waals surface area (Å²) in [6, 6.07) is 0. The van der Waals surface area contributed by atoms with E-state index >= 15 is 0 Å². The lowest BCUT2D eigenvalue weighted by molar-refractivity contribution is 0.275. The minimum absolute atomic E-state index is 0.830. The van der Waals surface area contributed by atoms with Crippen LogP contribution in [0.25, 0.3) is 0 Å². The molecule has 0 amide bonds. The zero-order valence-electron chi connectivity index (χ0n) is 9.47. The van der Waals surface area contributed by atoms with Crippen molar-refractivity contribution in [3.8, 4) is 0 Å². The molecule has 0 bridgehead atoms. The minimum atomic E-state index is 0.830. The monoisotopic (exact) mass is 217 g/mol. The van der Waals surface area contributed by atoms with Gasteiger partial charge < -0.3 is 4.90 Å². The van der Waals surface area contributed by atoms with Crippen molar-refractivity contribution in [1.29, 1.82) is 0 Å². The summed E-state index contributed by atoms with van der Waals surface area (Å²) in [4.78, 5) is 2.64. The van der Waals surface area contributed by atoms with Crippen molar-refractivity contribution in [3.63, 3.8) is 0 Å². The van der Waals surface area contributed by atoms with E-state index in [9.17, 15) is 0 Å². The predicted octanol–water partition coefficient (Wildman–Crippen LogP) is 3.52. The summed E-state index contributed by atoms with van der Waals surface area (Å²) >= 11 is 5.65. The van der Waals surface area contributed by atoms with Crippen molar-refractivity contribution in [2.75, 3.05) is 25.5 Å². The highest BCUT2D eigenvalue weighted by molar-refractivity contribution is 6.17. The Kier molecular flexibility index (Phi) is 6.63. The van der Waals surface area contributed by atoms with Crippen molar-refractivity contribution in [1.82, 2.24) is 4.90 Å². The first kappa shape index (κ1) is 12.3. The average molecular weight is 218 g/mol. The molecule has 1 aliphatic heterocycles. The SMILES string of the molecule is CC1CCCN(CCCCCCl)CC1. The quantitative estimate of drug-likeness (QED) is 0.503. The van der Waals surface area contributed by atoms with E-state index in [4.69, 9.17) is 11.6 Å². The lowest BCUT2D eigenvalue weighted by Gasteiger charge is -2.19. The van der Waals surface area contributed by atoms with Gasteiger partial charge >= 0.3 is 0 Å². The largest absolute Gasteiger partial charge is 0.303 e. The van der Waals surface area contributed by atoms with Gasteiger partial charge in [0.2, 0.25) is 0 Å². The van der Waals surface area contributed by atoms with Crippen molar-refractivity contribution in [2.45, 2.75) is 45.4 Å². The van der Waals surface area contributed by atoms with E-state index in [2.05, 4.69) is 11.8 Å². The van der Waals surface area contributed by atoms with Gasteiger partial charge in [-0.2, -0.15) is 0 Å². The summed E-state index contributed by atoms with van der Waals surface area (Å²) in [6.45, 7) is 6.33. The second-order valence-corrected chi connectivity index (χ2v) is 5.01. The molecule has 1 saturated heterocycles. The molecule has 2 heteroatoms. The van der Waals surface area contributed by atoms with Crippen LogP contribution in [-0.2, 0) is 0 Å². The Labute approximate surface area is 93.8 Å². The zero-order valence-corrected chi connectivity index (χ0v) is 10.2. The summed E-state index contributed by atoms with van der Waals surface area (Å²) in [7, 11) is 0. The van der Waals surface area contributed by atoms with Crippen LogP contribution in [0.2, 0.25) is 0 Å². The fourth-order valence-electron chi connectivity index (χ4n) is 2.15. The van der Waals surface area contributed by atoms with Gasteiger partial charge in [0.05, 0.1) is 0 Å². The Morgan fingerprint density at radius 1 is 1.14 bits per heavy atom. The average Bonchev–Trinajstić information content (AvgIpc) is 2.38. The molecule has 0 saturated carbocycles. The molecule has 1 nitrogen and oxygen atoms in total.